The maximum absolute atomic E-state index is 12.6. The third-order valence-electron chi connectivity index (χ3n) is 5.42. The molecule has 2 fully saturated rings. The molecule has 2 aliphatic heterocycles. The molecule has 0 aliphatic carbocycles. The highest BCUT2D eigenvalue weighted by molar-refractivity contribution is 5.82. The van der Waals surface area contributed by atoms with Gasteiger partial charge < -0.3 is 24.6 Å². The van der Waals surface area contributed by atoms with Crippen molar-refractivity contribution in [1.29, 1.82) is 0 Å². The molecule has 2 saturated heterocycles. The second kappa shape index (κ2) is 11.3. The number of aliphatic imine (C=N–C) groups is 1. The van der Waals surface area contributed by atoms with Crippen LogP contribution in [0.15, 0.2) is 29.3 Å². The summed E-state index contributed by atoms with van der Waals surface area (Å²) >= 11 is 0. The number of nitrogens with one attached hydrogen (secondary N) is 1. The highest BCUT2D eigenvalue weighted by atomic mass is 16.5. The monoisotopic (exact) mass is 416 g/mol. The third kappa shape index (κ3) is 6.44. The maximum atomic E-state index is 12.6. The van der Waals surface area contributed by atoms with Crippen LogP contribution in [0.5, 0.6) is 0 Å². The molecule has 0 saturated carbocycles. The summed E-state index contributed by atoms with van der Waals surface area (Å²) in [5.74, 6) is 1.06. The fourth-order valence-corrected chi connectivity index (χ4v) is 3.79. The number of benzene rings is 1. The molecule has 1 atom stereocenters. The Morgan fingerprint density at radius 3 is 2.63 bits per heavy atom. The second-order valence-corrected chi connectivity index (χ2v) is 8.16. The summed E-state index contributed by atoms with van der Waals surface area (Å²) in [6.07, 6.45) is 1.83. The number of piperazine rings is 1. The van der Waals surface area contributed by atoms with Gasteiger partial charge in [0.25, 0.3) is 5.91 Å². The van der Waals surface area contributed by atoms with Crippen molar-refractivity contribution in [2.45, 2.75) is 59.0 Å². The molecule has 0 spiro atoms. The van der Waals surface area contributed by atoms with Crippen LogP contribution in [0, 0.1) is 0 Å². The standard InChI is InChI=1S/C23H36N4O3/c1-4-24-23(25-16-19-7-5-8-20(15-19)17-30-18(2)3)27-12-10-26(11-13-27)22(28)21-9-6-14-29-21/h5,7-8,15,18,21H,4,6,9-14,16-17H2,1-3H3,(H,24,25). The van der Waals surface area contributed by atoms with E-state index < -0.39 is 0 Å². The lowest BCUT2D eigenvalue weighted by atomic mass is 10.1. The minimum atomic E-state index is -0.231. The fourth-order valence-electron chi connectivity index (χ4n) is 3.79. The van der Waals surface area contributed by atoms with Crippen molar-refractivity contribution in [3.63, 3.8) is 0 Å². The second-order valence-electron chi connectivity index (χ2n) is 8.16. The Morgan fingerprint density at radius 1 is 1.23 bits per heavy atom. The van der Waals surface area contributed by atoms with E-state index in [4.69, 9.17) is 14.5 Å². The van der Waals surface area contributed by atoms with Crippen molar-refractivity contribution >= 4 is 11.9 Å². The molecular weight excluding hydrogens is 380 g/mol. The van der Waals surface area contributed by atoms with E-state index in [1.54, 1.807) is 0 Å². The average Bonchev–Trinajstić information content (AvgIpc) is 3.30. The molecule has 0 radical (unpaired) electrons. The summed E-state index contributed by atoms with van der Waals surface area (Å²) in [4.78, 5) is 21.6. The molecule has 1 aromatic rings. The summed E-state index contributed by atoms with van der Waals surface area (Å²) in [6.45, 7) is 11.9. The Labute approximate surface area is 180 Å². The smallest absolute Gasteiger partial charge is 0.251 e. The highest BCUT2D eigenvalue weighted by Crippen LogP contribution is 2.16. The van der Waals surface area contributed by atoms with Crippen LogP contribution in [0.3, 0.4) is 0 Å². The van der Waals surface area contributed by atoms with Gasteiger partial charge in [-0.2, -0.15) is 0 Å². The summed E-state index contributed by atoms with van der Waals surface area (Å²) in [5.41, 5.74) is 2.34. The average molecular weight is 417 g/mol. The van der Waals surface area contributed by atoms with E-state index in [0.29, 0.717) is 32.8 Å². The van der Waals surface area contributed by atoms with Gasteiger partial charge in [-0.25, -0.2) is 4.99 Å². The van der Waals surface area contributed by atoms with E-state index >= 15 is 0 Å². The zero-order chi connectivity index (χ0) is 21.3. The van der Waals surface area contributed by atoms with Crippen molar-refractivity contribution < 1.29 is 14.3 Å². The lowest BCUT2D eigenvalue weighted by Gasteiger charge is -2.37. The van der Waals surface area contributed by atoms with E-state index in [9.17, 15) is 4.79 Å². The molecule has 2 heterocycles. The molecule has 1 unspecified atom stereocenters. The molecule has 7 nitrogen and oxygen atoms in total. The molecule has 0 bridgehead atoms. The van der Waals surface area contributed by atoms with Crippen LogP contribution in [0.2, 0.25) is 0 Å². The molecule has 1 N–H and O–H groups in total. The zero-order valence-corrected chi connectivity index (χ0v) is 18.6. The van der Waals surface area contributed by atoms with Crippen molar-refractivity contribution in [1.82, 2.24) is 15.1 Å². The quantitative estimate of drug-likeness (QED) is 0.546. The molecule has 1 amide bonds. The first-order valence-corrected chi connectivity index (χ1v) is 11.2. The van der Waals surface area contributed by atoms with Crippen molar-refractivity contribution in [2.75, 3.05) is 39.3 Å². The van der Waals surface area contributed by atoms with Gasteiger partial charge in [0.15, 0.2) is 5.96 Å². The van der Waals surface area contributed by atoms with Crippen LogP contribution in [0.4, 0.5) is 0 Å². The number of amides is 1. The van der Waals surface area contributed by atoms with Gasteiger partial charge in [0.2, 0.25) is 0 Å². The predicted octanol–water partition coefficient (Wildman–Crippen LogP) is 2.40. The van der Waals surface area contributed by atoms with Crippen LogP contribution < -0.4 is 5.32 Å². The Bertz CT molecular complexity index is 708. The molecular formula is C23H36N4O3. The lowest BCUT2D eigenvalue weighted by molar-refractivity contribution is -0.142. The Balaban J connectivity index is 1.56. The molecule has 0 aromatic heterocycles. The van der Waals surface area contributed by atoms with E-state index in [2.05, 4.69) is 41.4 Å². The van der Waals surface area contributed by atoms with E-state index in [1.165, 1.54) is 11.1 Å². The SMILES string of the molecule is CCNC(=NCc1cccc(COC(C)C)c1)N1CCN(C(=O)C2CCCO2)CC1. The van der Waals surface area contributed by atoms with E-state index in [-0.39, 0.29) is 18.1 Å². The molecule has 166 valence electrons. The first-order chi connectivity index (χ1) is 14.6. The molecule has 1 aromatic carbocycles. The van der Waals surface area contributed by atoms with Crippen LogP contribution in [-0.2, 0) is 27.4 Å². The van der Waals surface area contributed by atoms with Gasteiger partial charge in [-0.1, -0.05) is 24.3 Å². The summed E-state index contributed by atoms with van der Waals surface area (Å²) in [7, 11) is 0. The minimum absolute atomic E-state index is 0.148. The molecule has 3 rings (SSSR count). The number of hydrogen-bond acceptors (Lipinski definition) is 4. The minimum Gasteiger partial charge on any atom is -0.374 e. The van der Waals surface area contributed by atoms with Crippen LogP contribution >= 0.6 is 0 Å². The zero-order valence-electron chi connectivity index (χ0n) is 18.6. The number of carbonyl (C=O) groups excluding carboxylic acids is 1. The Kier molecular flexibility index (Phi) is 8.51. The number of hydrogen-bond donors (Lipinski definition) is 1. The van der Waals surface area contributed by atoms with Gasteiger partial charge >= 0.3 is 0 Å². The highest BCUT2D eigenvalue weighted by Gasteiger charge is 2.30. The lowest BCUT2D eigenvalue weighted by Crippen LogP contribution is -2.55. The topological polar surface area (TPSA) is 66.4 Å². The number of carbonyl (C=O) groups is 1. The molecule has 2 aliphatic rings. The van der Waals surface area contributed by atoms with Gasteiger partial charge in [0.05, 0.1) is 19.3 Å². The van der Waals surface area contributed by atoms with E-state index in [1.807, 2.05) is 18.7 Å². The number of guanidine groups is 1. The fraction of sp³-hybridized carbons (Fsp3) is 0.652. The van der Waals surface area contributed by atoms with Crippen molar-refractivity contribution in [3.05, 3.63) is 35.4 Å². The Hall–Kier alpha value is -2.12. The first kappa shape index (κ1) is 22.6. The van der Waals surface area contributed by atoms with Gasteiger partial charge in [-0.3, -0.25) is 4.79 Å². The van der Waals surface area contributed by atoms with Crippen LogP contribution in [0.25, 0.3) is 0 Å². The predicted molar refractivity (Wildman–Crippen MR) is 118 cm³/mol. The van der Waals surface area contributed by atoms with Gasteiger partial charge in [-0.05, 0) is 44.7 Å². The number of nitrogens with zero attached hydrogens (tertiary/aromatic N) is 3. The summed E-state index contributed by atoms with van der Waals surface area (Å²) in [5, 5.41) is 3.40. The molecule has 7 heteroatoms. The van der Waals surface area contributed by atoms with Gasteiger partial charge in [0.1, 0.15) is 6.10 Å². The Morgan fingerprint density at radius 2 is 1.97 bits per heavy atom. The third-order valence-corrected chi connectivity index (χ3v) is 5.42. The summed E-state index contributed by atoms with van der Waals surface area (Å²) < 4.78 is 11.3. The van der Waals surface area contributed by atoms with Gasteiger partial charge in [-0.15, -0.1) is 0 Å². The van der Waals surface area contributed by atoms with Crippen LogP contribution in [0.1, 0.15) is 44.7 Å². The summed E-state index contributed by atoms with van der Waals surface area (Å²) in [6, 6.07) is 8.41. The first-order valence-electron chi connectivity index (χ1n) is 11.2. The number of ether oxygens (including phenoxy) is 2. The van der Waals surface area contributed by atoms with Crippen molar-refractivity contribution in [3.8, 4) is 0 Å². The van der Waals surface area contributed by atoms with Crippen molar-refractivity contribution in [2.24, 2.45) is 4.99 Å². The number of rotatable bonds is 7. The normalized spacial score (nSPS) is 20.1. The maximum Gasteiger partial charge on any atom is 0.251 e. The largest absolute Gasteiger partial charge is 0.374 e. The van der Waals surface area contributed by atoms with Crippen LogP contribution in [-0.4, -0.2) is 73.2 Å². The molecule has 30 heavy (non-hydrogen) atoms. The van der Waals surface area contributed by atoms with E-state index in [0.717, 1.165) is 38.4 Å². The van der Waals surface area contributed by atoms with Gasteiger partial charge in [0, 0.05) is 39.3 Å².